The van der Waals surface area contributed by atoms with Crippen LogP contribution in [0, 0.1) is 5.92 Å². The van der Waals surface area contributed by atoms with E-state index in [-0.39, 0.29) is 17.7 Å². The van der Waals surface area contributed by atoms with Crippen LogP contribution in [0.15, 0.2) is 48.5 Å². The van der Waals surface area contributed by atoms with E-state index < -0.39 is 5.54 Å². The van der Waals surface area contributed by atoms with Crippen molar-refractivity contribution in [3.05, 3.63) is 48.5 Å². The summed E-state index contributed by atoms with van der Waals surface area (Å²) in [6, 6.07) is 16.5. The number of hydrogen-bond donors (Lipinski definition) is 2. The number of nitrogens with zero attached hydrogens (tertiary/aromatic N) is 1. The van der Waals surface area contributed by atoms with Gasteiger partial charge in [-0.2, -0.15) is 0 Å². The van der Waals surface area contributed by atoms with Crippen molar-refractivity contribution in [3.63, 3.8) is 0 Å². The molecule has 0 spiro atoms. The van der Waals surface area contributed by atoms with E-state index in [0.717, 1.165) is 35.6 Å². The van der Waals surface area contributed by atoms with E-state index in [2.05, 4.69) is 39.8 Å². The molecule has 5 heteroatoms. The van der Waals surface area contributed by atoms with Crippen LogP contribution in [0.5, 0.6) is 0 Å². The molecule has 3 fully saturated rings. The second kappa shape index (κ2) is 5.09. The van der Waals surface area contributed by atoms with Crippen LogP contribution in [0.3, 0.4) is 0 Å². The van der Waals surface area contributed by atoms with E-state index in [0.29, 0.717) is 12.8 Å². The molecule has 0 radical (unpaired) electrons. The summed E-state index contributed by atoms with van der Waals surface area (Å²) in [5.74, 6) is -0.272. The van der Waals surface area contributed by atoms with Gasteiger partial charge in [0.05, 0.1) is 11.4 Å². The molecule has 6 rings (SSSR count). The molecule has 126 valence electrons. The number of amides is 2. The van der Waals surface area contributed by atoms with Gasteiger partial charge in [-0.1, -0.05) is 42.5 Å². The van der Waals surface area contributed by atoms with Gasteiger partial charge in [0.15, 0.2) is 0 Å². The zero-order chi connectivity index (χ0) is 17.0. The van der Waals surface area contributed by atoms with Crippen molar-refractivity contribution < 1.29 is 9.59 Å². The van der Waals surface area contributed by atoms with Crippen LogP contribution in [0.2, 0.25) is 0 Å². The van der Waals surface area contributed by atoms with Crippen molar-refractivity contribution in [2.45, 2.75) is 18.4 Å². The van der Waals surface area contributed by atoms with E-state index in [1.165, 1.54) is 0 Å². The highest BCUT2D eigenvalue weighted by Crippen LogP contribution is 2.50. The highest BCUT2D eigenvalue weighted by atomic mass is 16.2. The van der Waals surface area contributed by atoms with Gasteiger partial charge in [-0.25, -0.2) is 0 Å². The molecule has 3 heterocycles. The first-order valence-electron chi connectivity index (χ1n) is 8.74. The number of piperidine rings is 2. The third-order valence-electron chi connectivity index (χ3n) is 5.77. The van der Waals surface area contributed by atoms with Crippen molar-refractivity contribution in [1.82, 2.24) is 5.32 Å². The van der Waals surface area contributed by atoms with Gasteiger partial charge in [-0.3, -0.25) is 14.9 Å². The minimum Gasteiger partial charge on any atom is -0.381 e. The molecule has 5 nitrogen and oxygen atoms in total. The lowest BCUT2D eigenvalue weighted by Crippen LogP contribution is -2.74. The maximum absolute atomic E-state index is 12.6. The zero-order valence-corrected chi connectivity index (χ0v) is 13.8. The first kappa shape index (κ1) is 14.5. The van der Waals surface area contributed by atoms with Crippen LogP contribution in [0.25, 0.3) is 11.1 Å². The van der Waals surface area contributed by atoms with Crippen molar-refractivity contribution in [2.75, 3.05) is 23.3 Å². The minimum atomic E-state index is -0.565. The van der Waals surface area contributed by atoms with Gasteiger partial charge < -0.3 is 10.2 Å². The number of hydrogen-bond acceptors (Lipinski definition) is 4. The lowest BCUT2D eigenvalue weighted by atomic mass is 9.63. The van der Waals surface area contributed by atoms with Gasteiger partial charge in [0.25, 0.3) is 5.91 Å². The second-order valence-electron chi connectivity index (χ2n) is 7.10. The number of fused-ring (bicyclic) bond motifs is 3. The van der Waals surface area contributed by atoms with Crippen LogP contribution < -0.4 is 15.5 Å². The molecule has 3 aliphatic heterocycles. The zero-order valence-electron chi connectivity index (χ0n) is 13.8. The largest absolute Gasteiger partial charge is 0.381 e. The Balaban J connectivity index is 1.60. The molecule has 1 aliphatic carbocycles. The molecule has 2 aromatic rings. The lowest BCUT2D eigenvalue weighted by Gasteiger charge is -2.57. The summed E-state index contributed by atoms with van der Waals surface area (Å²) in [6.45, 7) is 1.55. The average molecular weight is 333 g/mol. The highest BCUT2D eigenvalue weighted by Gasteiger charge is 2.61. The Morgan fingerprint density at radius 1 is 1.00 bits per heavy atom. The maximum atomic E-state index is 12.6. The Bertz CT molecular complexity index is 872. The van der Waals surface area contributed by atoms with Crippen LogP contribution in [-0.4, -0.2) is 30.4 Å². The highest BCUT2D eigenvalue weighted by molar-refractivity contribution is 6.09. The molecule has 1 saturated carbocycles. The molecule has 2 saturated heterocycles. The van der Waals surface area contributed by atoms with Crippen molar-refractivity contribution in [2.24, 2.45) is 5.92 Å². The smallest absolute Gasteiger partial charge is 0.252 e. The predicted molar refractivity (Wildman–Crippen MR) is 96.3 cm³/mol. The molecule has 4 aliphatic rings. The number of carbonyl (C=O) groups is 2. The molecule has 0 atom stereocenters. The number of para-hydroxylation sites is 1. The van der Waals surface area contributed by atoms with E-state index in [9.17, 15) is 9.59 Å². The fourth-order valence-electron chi connectivity index (χ4n) is 4.47. The maximum Gasteiger partial charge on any atom is 0.252 e. The molecule has 2 aromatic carbocycles. The molecule has 0 unspecified atom stereocenters. The first-order valence-corrected chi connectivity index (χ1v) is 8.74. The van der Waals surface area contributed by atoms with E-state index in [4.69, 9.17) is 0 Å². The monoisotopic (exact) mass is 333 g/mol. The van der Waals surface area contributed by atoms with Gasteiger partial charge in [-0.05, 0) is 24.5 Å². The topological polar surface area (TPSA) is 61.4 Å². The summed E-state index contributed by atoms with van der Waals surface area (Å²) in [4.78, 5) is 26.6. The van der Waals surface area contributed by atoms with Gasteiger partial charge >= 0.3 is 0 Å². The normalized spacial score (nSPS) is 27.0. The molecular weight excluding hydrogens is 314 g/mol. The Hall–Kier alpha value is -2.82. The molecule has 2 bridgehead atoms. The van der Waals surface area contributed by atoms with Crippen LogP contribution in [0.1, 0.15) is 12.8 Å². The molecule has 2 amide bonds. The van der Waals surface area contributed by atoms with Crippen molar-refractivity contribution in [1.29, 1.82) is 0 Å². The van der Waals surface area contributed by atoms with Gasteiger partial charge in [0.1, 0.15) is 5.54 Å². The summed E-state index contributed by atoms with van der Waals surface area (Å²) in [7, 11) is 0. The number of nitrogens with one attached hydrogen (secondary N) is 2. The SMILES string of the molecule is O=C1NC(=O)C2(N3CCNc4c(-c5ccccc5)cccc43)CC1C2. The Morgan fingerprint density at radius 3 is 2.56 bits per heavy atom. The summed E-state index contributed by atoms with van der Waals surface area (Å²) in [5, 5.41) is 6.07. The average Bonchev–Trinajstić information content (AvgIpc) is 2.60. The molecule has 25 heavy (non-hydrogen) atoms. The van der Waals surface area contributed by atoms with E-state index in [1.54, 1.807) is 0 Å². The Labute approximate surface area is 146 Å². The lowest BCUT2D eigenvalue weighted by molar-refractivity contribution is -0.150. The number of benzene rings is 2. The van der Waals surface area contributed by atoms with Crippen LogP contribution >= 0.6 is 0 Å². The van der Waals surface area contributed by atoms with E-state index in [1.807, 2.05) is 24.3 Å². The third kappa shape index (κ3) is 1.95. The number of imide groups is 1. The van der Waals surface area contributed by atoms with Crippen molar-refractivity contribution in [3.8, 4) is 11.1 Å². The van der Waals surface area contributed by atoms with Crippen LogP contribution in [0.4, 0.5) is 11.4 Å². The fourth-order valence-corrected chi connectivity index (χ4v) is 4.47. The Kier molecular flexibility index (Phi) is 2.95. The summed E-state index contributed by atoms with van der Waals surface area (Å²) in [6.07, 6.45) is 1.26. The number of rotatable bonds is 2. The standard InChI is InChI=1S/C20H19N3O2/c24-18-14-11-20(12-14,19(25)22-18)23-10-9-21-17-15(7-4-8-16(17)23)13-5-2-1-3-6-13/h1-8,14,21H,9-12H2,(H,22,24,25). The van der Waals surface area contributed by atoms with E-state index >= 15 is 0 Å². The Morgan fingerprint density at radius 2 is 1.80 bits per heavy atom. The van der Waals surface area contributed by atoms with Crippen LogP contribution in [-0.2, 0) is 9.59 Å². The quantitative estimate of drug-likeness (QED) is 0.829. The van der Waals surface area contributed by atoms with Gasteiger partial charge in [-0.15, -0.1) is 0 Å². The predicted octanol–water partition coefficient (Wildman–Crippen LogP) is 2.39. The molecular formula is C20H19N3O2. The summed E-state index contributed by atoms with van der Waals surface area (Å²) >= 11 is 0. The van der Waals surface area contributed by atoms with Crippen molar-refractivity contribution >= 4 is 23.2 Å². The fraction of sp³-hybridized carbons (Fsp3) is 0.300. The first-order chi connectivity index (χ1) is 12.2. The third-order valence-corrected chi connectivity index (χ3v) is 5.77. The number of carbonyl (C=O) groups excluding carboxylic acids is 2. The molecule has 2 N–H and O–H groups in total. The number of anilines is 2. The second-order valence-corrected chi connectivity index (χ2v) is 7.10. The van der Waals surface area contributed by atoms with Gasteiger partial charge in [0.2, 0.25) is 5.91 Å². The van der Waals surface area contributed by atoms with Gasteiger partial charge in [0, 0.05) is 24.6 Å². The minimum absolute atomic E-state index is 0.0201. The summed E-state index contributed by atoms with van der Waals surface area (Å²) in [5.41, 5.74) is 3.85. The molecule has 0 aromatic heterocycles. The summed E-state index contributed by atoms with van der Waals surface area (Å²) < 4.78 is 0.